The summed E-state index contributed by atoms with van der Waals surface area (Å²) in [5.74, 6) is 0.789. The lowest BCUT2D eigenvalue weighted by atomic mass is 9.87. The second-order valence-electron chi connectivity index (χ2n) is 4.94. The van der Waals surface area contributed by atoms with Gasteiger partial charge in [-0.15, -0.1) is 0 Å². The number of benzene rings is 1. The Morgan fingerprint density at radius 1 is 1.40 bits per heavy atom. The van der Waals surface area contributed by atoms with Gasteiger partial charge in [0.2, 0.25) is 0 Å². The molecule has 1 aromatic rings. The van der Waals surface area contributed by atoms with Gasteiger partial charge in [0.25, 0.3) is 0 Å². The fourth-order valence-corrected chi connectivity index (χ4v) is 2.50. The Kier molecular flexibility index (Phi) is 4.24. The highest BCUT2D eigenvalue weighted by Crippen LogP contribution is 2.40. The minimum atomic E-state index is -0.471. The summed E-state index contributed by atoms with van der Waals surface area (Å²) in [6, 6.07) is 12.0. The molecule has 0 amide bonds. The number of ether oxygens (including phenoxy) is 1. The molecule has 1 aliphatic heterocycles. The number of hydroxylamine groups is 2. The quantitative estimate of drug-likeness (QED) is 0.840. The molecule has 1 heterocycles. The zero-order valence-corrected chi connectivity index (χ0v) is 11.7. The van der Waals surface area contributed by atoms with Gasteiger partial charge < -0.3 is 4.74 Å². The lowest BCUT2D eigenvalue weighted by molar-refractivity contribution is -0.174. The molecule has 1 aromatic carbocycles. The van der Waals surface area contributed by atoms with Gasteiger partial charge in [-0.2, -0.15) is 15.6 Å². The van der Waals surface area contributed by atoms with Crippen molar-refractivity contribution >= 4 is 0 Å². The average Bonchev–Trinajstić information content (AvgIpc) is 2.83. The molecule has 2 rings (SSSR count). The lowest BCUT2D eigenvalue weighted by Crippen LogP contribution is -2.38. The van der Waals surface area contributed by atoms with Crippen LogP contribution in [0, 0.1) is 22.7 Å². The third-order valence-electron chi connectivity index (χ3n) is 3.67. The number of hydrogen-bond donors (Lipinski definition) is 0. The van der Waals surface area contributed by atoms with Crippen LogP contribution < -0.4 is 4.74 Å². The monoisotopic (exact) mass is 271 g/mol. The number of methoxy groups -OCH3 is 1. The van der Waals surface area contributed by atoms with Crippen LogP contribution in [0.3, 0.4) is 0 Å². The molecule has 1 aliphatic rings. The highest BCUT2D eigenvalue weighted by molar-refractivity contribution is 5.32. The maximum atomic E-state index is 9.08. The van der Waals surface area contributed by atoms with E-state index in [0.717, 1.165) is 11.3 Å². The molecule has 0 unspecified atom stereocenters. The molecule has 1 saturated heterocycles. The van der Waals surface area contributed by atoms with E-state index in [-0.39, 0.29) is 0 Å². The molecule has 1 fully saturated rings. The van der Waals surface area contributed by atoms with Crippen molar-refractivity contribution in [1.82, 2.24) is 5.06 Å². The van der Waals surface area contributed by atoms with Crippen LogP contribution in [0.15, 0.2) is 24.3 Å². The molecule has 0 aromatic heterocycles. The number of rotatable bonds is 4. The Bertz CT molecular complexity index is 544. The highest BCUT2D eigenvalue weighted by atomic mass is 16.7. The van der Waals surface area contributed by atoms with E-state index in [4.69, 9.17) is 20.1 Å². The van der Waals surface area contributed by atoms with Crippen LogP contribution in [-0.2, 0) is 10.4 Å². The van der Waals surface area contributed by atoms with Crippen LogP contribution >= 0.6 is 0 Å². The first kappa shape index (κ1) is 14.3. The van der Waals surface area contributed by atoms with Crippen LogP contribution in [0.25, 0.3) is 0 Å². The fourth-order valence-electron chi connectivity index (χ4n) is 2.50. The molecular weight excluding hydrogens is 254 g/mol. The van der Waals surface area contributed by atoms with Crippen molar-refractivity contribution < 1.29 is 9.57 Å². The number of nitrogens with zero attached hydrogens (tertiary/aromatic N) is 3. The Hall–Kier alpha value is -2.08. The summed E-state index contributed by atoms with van der Waals surface area (Å²) in [5.41, 5.74) is 0.651. The van der Waals surface area contributed by atoms with Gasteiger partial charge in [0.15, 0.2) is 6.10 Å². The molecular formula is C15H17N3O2. The van der Waals surface area contributed by atoms with Crippen molar-refractivity contribution in [3.63, 3.8) is 0 Å². The van der Waals surface area contributed by atoms with Crippen molar-refractivity contribution in [2.45, 2.75) is 31.4 Å². The molecule has 5 nitrogen and oxygen atoms in total. The standard InChI is InChI=1S/C15H17N3O2/c1-15(12-4-6-13(19-2)7-5-12)10-14(11-17)20-18(15)9-3-8-16/h4-7,14H,3,9-10H2,1-2H3/t14-,15-/m0/s1. The first-order chi connectivity index (χ1) is 9.63. The SMILES string of the molecule is COc1ccc([C@]2(C)C[C@@H](C#N)ON2CCC#N)cc1. The van der Waals surface area contributed by atoms with Gasteiger partial charge in [0, 0.05) is 13.0 Å². The predicted molar refractivity (Wildman–Crippen MR) is 72.4 cm³/mol. The Morgan fingerprint density at radius 3 is 2.65 bits per heavy atom. The maximum Gasteiger partial charge on any atom is 0.167 e. The third kappa shape index (κ3) is 2.60. The molecule has 104 valence electrons. The van der Waals surface area contributed by atoms with E-state index in [9.17, 15) is 0 Å². The van der Waals surface area contributed by atoms with E-state index in [1.807, 2.05) is 31.2 Å². The summed E-state index contributed by atoms with van der Waals surface area (Å²) in [4.78, 5) is 5.63. The number of hydrogen-bond acceptors (Lipinski definition) is 5. The minimum absolute atomic E-state index is 0.365. The molecule has 0 aliphatic carbocycles. The zero-order valence-electron chi connectivity index (χ0n) is 11.7. The predicted octanol–water partition coefficient (Wildman–Crippen LogP) is 2.35. The first-order valence-electron chi connectivity index (χ1n) is 6.49. The van der Waals surface area contributed by atoms with Crippen molar-refractivity contribution in [1.29, 1.82) is 10.5 Å². The van der Waals surface area contributed by atoms with Gasteiger partial charge >= 0.3 is 0 Å². The van der Waals surface area contributed by atoms with Crippen molar-refractivity contribution in [3.8, 4) is 17.9 Å². The van der Waals surface area contributed by atoms with Gasteiger partial charge in [-0.25, -0.2) is 0 Å². The second kappa shape index (κ2) is 5.92. The summed E-state index contributed by atoms with van der Waals surface area (Å²) in [6.45, 7) is 2.51. The summed E-state index contributed by atoms with van der Waals surface area (Å²) in [7, 11) is 1.63. The van der Waals surface area contributed by atoms with Crippen molar-refractivity contribution in [2.75, 3.05) is 13.7 Å². The fraction of sp³-hybridized carbons (Fsp3) is 0.467. The second-order valence-corrected chi connectivity index (χ2v) is 4.94. The summed E-state index contributed by atoms with van der Waals surface area (Å²) in [5, 5.41) is 19.6. The topological polar surface area (TPSA) is 69.3 Å². The average molecular weight is 271 g/mol. The smallest absolute Gasteiger partial charge is 0.167 e. The van der Waals surface area contributed by atoms with Gasteiger partial charge in [0.05, 0.1) is 31.2 Å². The van der Waals surface area contributed by atoms with E-state index < -0.39 is 11.6 Å². The first-order valence-corrected chi connectivity index (χ1v) is 6.49. The molecule has 20 heavy (non-hydrogen) atoms. The van der Waals surface area contributed by atoms with Gasteiger partial charge in [0.1, 0.15) is 5.75 Å². The van der Waals surface area contributed by atoms with Crippen molar-refractivity contribution in [3.05, 3.63) is 29.8 Å². The molecule has 5 heteroatoms. The maximum absolute atomic E-state index is 9.08. The van der Waals surface area contributed by atoms with Crippen LogP contribution in [-0.4, -0.2) is 24.8 Å². The molecule has 0 bridgehead atoms. The van der Waals surface area contributed by atoms with E-state index in [2.05, 4.69) is 12.1 Å². The molecule has 0 spiro atoms. The highest BCUT2D eigenvalue weighted by Gasteiger charge is 2.44. The van der Waals surface area contributed by atoms with E-state index in [0.29, 0.717) is 19.4 Å². The number of nitriles is 2. The van der Waals surface area contributed by atoms with Gasteiger partial charge in [-0.3, -0.25) is 4.84 Å². The van der Waals surface area contributed by atoms with Crippen LogP contribution in [0.5, 0.6) is 5.75 Å². The van der Waals surface area contributed by atoms with Gasteiger partial charge in [-0.05, 0) is 24.6 Å². The zero-order chi connectivity index (χ0) is 14.6. The molecule has 0 N–H and O–H groups in total. The summed E-state index contributed by atoms with van der Waals surface area (Å²) >= 11 is 0. The van der Waals surface area contributed by atoms with E-state index >= 15 is 0 Å². The van der Waals surface area contributed by atoms with Crippen molar-refractivity contribution in [2.24, 2.45) is 0 Å². The minimum Gasteiger partial charge on any atom is -0.497 e. The van der Waals surface area contributed by atoms with Crippen LogP contribution in [0.1, 0.15) is 25.3 Å². The third-order valence-corrected chi connectivity index (χ3v) is 3.67. The van der Waals surface area contributed by atoms with Crippen LogP contribution in [0.4, 0.5) is 0 Å². The summed E-state index contributed by atoms with van der Waals surface area (Å²) in [6.07, 6.45) is 0.478. The Labute approximate surface area is 118 Å². The molecule has 0 saturated carbocycles. The normalized spacial score (nSPS) is 25.9. The Morgan fingerprint density at radius 2 is 2.10 bits per heavy atom. The lowest BCUT2D eigenvalue weighted by Gasteiger charge is -2.32. The largest absolute Gasteiger partial charge is 0.497 e. The molecule has 2 atom stereocenters. The Balaban J connectivity index is 2.28. The summed E-state index contributed by atoms with van der Waals surface area (Å²) < 4.78 is 5.16. The van der Waals surface area contributed by atoms with Gasteiger partial charge in [-0.1, -0.05) is 12.1 Å². The van der Waals surface area contributed by atoms with Crippen LogP contribution in [0.2, 0.25) is 0 Å². The van der Waals surface area contributed by atoms with E-state index in [1.165, 1.54) is 0 Å². The van der Waals surface area contributed by atoms with E-state index in [1.54, 1.807) is 12.2 Å². The molecule has 0 radical (unpaired) electrons.